The van der Waals surface area contributed by atoms with Gasteiger partial charge in [-0.3, -0.25) is 9.59 Å². The minimum Gasteiger partial charge on any atom is -0.347 e. The zero-order valence-electron chi connectivity index (χ0n) is 14.2. The molecule has 0 unspecified atom stereocenters. The second-order valence-corrected chi connectivity index (χ2v) is 6.67. The van der Waals surface area contributed by atoms with Crippen molar-refractivity contribution in [3.63, 3.8) is 0 Å². The molecule has 0 saturated carbocycles. The number of carbonyl (C=O) groups excluding carboxylic acids is 2. The van der Waals surface area contributed by atoms with E-state index in [4.69, 9.17) is 23.2 Å². The Morgan fingerprint density at radius 2 is 1.68 bits per heavy atom. The Hall–Kier alpha value is -2.04. The first-order valence-corrected chi connectivity index (χ1v) is 8.69. The number of hydrogen-bond acceptors (Lipinski definition) is 2. The first kappa shape index (κ1) is 19.3. The monoisotopic (exact) mass is 378 g/mol. The topological polar surface area (TPSA) is 58.2 Å². The molecule has 4 nitrogen and oxygen atoms in total. The molecule has 0 aliphatic carbocycles. The van der Waals surface area contributed by atoms with Gasteiger partial charge in [-0.25, -0.2) is 0 Å². The van der Waals surface area contributed by atoms with Crippen LogP contribution >= 0.6 is 23.2 Å². The molecule has 2 rings (SSSR count). The maximum absolute atomic E-state index is 12.0. The Bertz CT molecular complexity index is 771. The van der Waals surface area contributed by atoms with Gasteiger partial charge in [-0.1, -0.05) is 47.5 Å². The summed E-state index contributed by atoms with van der Waals surface area (Å²) in [5, 5.41) is 6.55. The Morgan fingerprint density at radius 3 is 2.32 bits per heavy atom. The Kier molecular flexibility index (Phi) is 6.85. The van der Waals surface area contributed by atoms with Crippen molar-refractivity contribution in [3.05, 3.63) is 63.1 Å². The molecular formula is C19H20Cl2N2O2. The van der Waals surface area contributed by atoms with Crippen LogP contribution in [0, 0.1) is 13.8 Å². The molecule has 0 saturated heterocycles. The largest absolute Gasteiger partial charge is 0.347 e. The Labute approximate surface area is 157 Å². The fourth-order valence-electron chi connectivity index (χ4n) is 2.44. The molecule has 25 heavy (non-hydrogen) atoms. The van der Waals surface area contributed by atoms with Gasteiger partial charge in [-0.2, -0.15) is 0 Å². The van der Waals surface area contributed by atoms with Crippen LogP contribution in [0.4, 0.5) is 5.69 Å². The lowest BCUT2D eigenvalue weighted by Gasteiger charge is -2.12. The standard InChI is InChI=1S/C19H20Cl2N2O2/c1-12-4-3-5-13(2)19(12)23-18(25)11-22-17(24)9-7-14-6-8-15(20)10-16(14)21/h3-6,8,10H,7,9,11H2,1-2H3,(H,22,24)(H,23,25). The normalized spacial score (nSPS) is 10.4. The number of anilines is 1. The van der Waals surface area contributed by atoms with E-state index in [1.807, 2.05) is 32.0 Å². The van der Waals surface area contributed by atoms with Crippen LogP contribution in [-0.2, 0) is 16.0 Å². The zero-order valence-corrected chi connectivity index (χ0v) is 15.7. The van der Waals surface area contributed by atoms with E-state index in [1.165, 1.54) is 0 Å². The lowest BCUT2D eigenvalue weighted by molar-refractivity contribution is -0.124. The summed E-state index contributed by atoms with van der Waals surface area (Å²) >= 11 is 11.9. The number of carbonyl (C=O) groups is 2. The summed E-state index contributed by atoms with van der Waals surface area (Å²) in [5.74, 6) is -0.460. The molecule has 2 N–H and O–H groups in total. The van der Waals surface area contributed by atoms with E-state index in [9.17, 15) is 9.59 Å². The fraction of sp³-hybridized carbons (Fsp3) is 0.263. The second-order valence-electron chi connectivity index (χ2n) is 5.83. The number of halogens is 2. The zero-order chi connectivity index (χ0) is 18.4. The van der Waals surface area contributed by atoms with Crippen LogP contribution in [-0.4, -0.2) is 18.4 Å². The van der Waals surface area contributed by atoms with Gasteiger partial charge in [0, 0.05) is 22.2 Å². The lowest BCUT2D eigenvalue weighted by Crippen LogP contribution is -2.33. The lowest BCUT2D eigenvalue weighted by atomic mass is 10.1. The van der Waals surface area contributed by atoms with Gasteiger partial charge in [-0.15, -0.1) is 0 Å². The summed E-state index contributed by atoms with van der Waals surface area (Å²) < 4.78 is 0. The van der Waals surface area contributed by atoms with Crippen LogP contribution in [0.15, 0.2) is 36.4 Å². The molecule has 6 heteroatoms. The summed E-state index contributed by atoms with van der Waals surface area (Å²) in [6.07, 6.45) is 0.735. The Morgan fingerprint density at radius 1 is 1.00 bits per heavy atom. The van der Waals surface area contributed by atoms with Crippen LogP contribution in [0.5, 0.6) is 0 Å². The van der Waals surface area contributed by atoms with E-state index < -0.39 is 0 Å². The maximum atomic E-state index is 12.0. The number of nitrogens with one attached hydrogen (secondary N) is 2. The molecule has 132 valence electrons. The van der Waals surface area contributed by atoms with Crippen molar-refractivity contribution in [3.8, 4) is 0 Å². The first-order valence-electron chi connectivity index (χ1n) is 7.93. The van der Waals surface area contributed by atoms with Gasteiger partial charge >= 0.3 is 0 Å². The van der Waals surface area contributed by atoms with Gasteiger partial charge < -0.3 is 10.6 Å². The molecule has 2 amide bonds. The van der Waals surface area contributed by atoms with E-state index >= 15 is 0 Å². The average Bonchev–Trinajstić information content (AvgIpc) is 2.55. The third-order valence-electron chi connectivity index (χ3n) is 3.83. The molecule has 0 aromatic heterocycles. The molecule has 2 aromatic carbocycles. The molecule has 0 spiro atoms. The number of hydrogen-bond donors (Lipinski definition) is 2. The predicted octanol–water partition coefficient (Wildman–Crippen LogP) is 4.30. The molecule has 0 aliphatic rings. The first-order chi connectivity index (χ1) is 11.9. The van der Waals surface area contributed by atoms with E-state index in [-0.39, 0.29) is 24.8 Å². The van der Waals surface area contributed by atoms with Crippen molar-refractivity contribution < 1.29 is 9.59 Å². The molecule has 0 bridgehead atoms. The van der Waals surface area contributed by atoms with Crippen LogP contribution in [0.25, 0.3) is 0 Å². The van der Waals surface area contributed by atoms with Gasteiger partial charge in [0.15, 0.2) is 0 Å². The van der Waals surface area contributed by atoms with Gasteiger partial charge in [0.2, 0.25) is 11.8 Å². The fourth-order valence-corrected chi connectivity index (χ4v) is 2.94. The van der Waals surface area contributed by atoms with Crippen LogP contribution in [0.1, 0.15) is 23.1 Å². The Balaban J connectivity index is 1.80. The summed E-state index contributed by atoms with van der Waals surface area (Å²) in [5.41, 5.74) is 3.60. The van der Waals surface area contributed by atoms with Crippen LogP contribution in [0.2, 0.25) is 10.0 Å². The van der Waals surface area contributed by atoms with Crippen molar-refractivity contribution in [2.24, 2.45) is 0 Å². The minimum atomic E-state index is -0.254. The van der Waals surface area contributed by atoms with E-state index in [2.05, 4.69) is 10.6 Å². The molecule has 0 atom stereocenters. The highest BCUT2D eigenvalue weighted by molar-refractivity contribution is 6.35. The SMILES string of the molecule is Cc1cccc(C)c1NC(=O)CNC(=O)CCc1ccc(Cl)cc1Cl. The van der Waals surface area contributed by atoms with Crippen molar-refractivity contribution in [2.45, 2.75) is 26.7 Å². The van der Waals surface area contributed by atoms with Crippen molar-refractivity contribution in [1.82, 2.24) is 5.32 Å². The number of para-hydroxylation sites is 1. The predicted molar refractivity (Wildman–Crippen MR) is 102 cm³/mol. The van der Waals surface area contributed by atoms with Crippen LogP contribution < -0.4 is 10.6 Å². The van der Waals surface area contributed by atoms with Crippen molar-refractivity contribution in [2.75, 3.05) is 11.9 Å². The quantitative estimate of drug-likeness (QED) is 0.786. The van der Waals surface area contributed by atoms with E-state index in [0.717, 1.165) is 22.4 Å². The third-order valence-corrected chi connectivity index (χ3v) is 4.42. The smallest absolute Gasteiger partial charge is 0.243 e. The molecule has 0 aliphatic heterocycles. The minimum absolute atomic E-state index is 0.0685. The summed E-state index contributed by atoms with van der Waals surface area (Å²) in [7, 11) is 0. The van der Waals surface area contributed by atoms with Crippen molar-refractivity contribution in [1.29, 1.82) is 0 Å². The summed E-state index contributed by atoms with van der Waals surface area (Å²) in [6.45, 7) is 3.79. The van der Waals surface area contributed by atoms with Crippen LogP contribution in [0.3, 0.4) is 0 Å². The molecular weight excluding hydrogens is 359 g/mol. The highest BCUT2D eigenvalue weighted by atomic mass is 35.5. The molecule has 0 heterocycles. The summed E-state index contributed by atoms with van der Waals surface area (Å²) in [4.78, 5) is 24.0. The average molecular weight is 379 g/mol. The summed E-state index contributed by atoms with van der Waals surface area (Å²) in [6, 6.07) is 11.0. The van der Waals surface area contributed by atoms with Gasteiger partial charge in [0.05, 0.1) is 6.54 Å². The van der Waals surface area contributed by atoms with E-state index in [1.54, 1.807) is 18.2 Å². The third kappa shape index (κ3) is 5.76. The second kappa shape index (κ2) is 8.88. The molecule has 2 aromatic rings. The number of rotatable bonds is 6. The van der Waals surface area contributed by atoms with Gasteiger partial charge in [0.1, 0.15) is 0 Å². The number of benzene rings is 2. The molecule has 0 radical (unpaired) electrons. The number of amides is 2. The highest BCUT2D eigenvalue weighted by Crippen LogP contribution is 2.22. The van der Waals surface area contributed by atoms with Gasteiger partial charge in [0.25, 0.3) is 0 Å². The van der Waals surface area contributed by atoms with Crippen molar-refractivity contribution >= 4 is 40.7 Å². The van der Waals surface area contributed by atoms with Gasteiger partial charge in [-0.05, 0) is 49.1 Å². The molecule has 0 fully saturated rings. The van der Waals surface area contributed by atoms with E-state index in [0.29, 0.717) is 16.5 Å². The number of aryl methyl sites for hydroxylation is 3. The highest BCUT2D eigenvalue weighted by Gasteiger charge is 2.10. The maximum Gasteiger partial charge on any atom is 0.243 e.